The lowest BCUT2D eigenvalue weighted by molar-refractivity contribution is -0.140. The molecule has 9 rings (SSSR count). The number of piperazine rings is 1. The molecule has 0 bridgehead atoms. The standard InChI is InChI=1S/C46H59N9O10S2/c1-67(63,64)54-16-11-31(26-54)40(58)48-25-39(57)51-45-49-35(27-66-45)30-5-2-4-28(22-30)29-10-14-47-37(23-29)46(12-13-46)44(62)53-19-17-52(18-20-53)15-3-21-65-32-6-7-33-34(24-32)43(61)55(42(33)60)36-8-9-38(56)50-41(36)59/h2,4-7,22,24,29,31,35-37,45,47,49H,3,8-21,23,25-27H2,1H3,(H,48,58)(H,51,57)(H,50,56,59). The molecule has 0 radical (unpaired) electrons. The van der Waals surface area contributed by atoms with E-state index in [2.05, 4.69) is 55.7 Å². The van der Waals surface area contributed by atoms with E-state index in [1.54, 1.807) is 30.0 Å². The van der Waals surface area contributed by atoms with Crippen molar-refractivity contribution in [2.24, 2.45) is 11.3 Å². The Morgan fingerprint density at radius 3 is 2.45 bits per heavy atom. The molecule has 6 heterocycles. The Hall–Kier alpha value is -4.93. The summed E-state index contributed by atoms with van der Waals surface area (Å²) in [6.45, 7) is 5.13. The first-order valence-corrected chi connectivity index (χ1v) is 26.3. The summed E-state index contributed by atoms with van der Waals surface area (Å²) < 4.78 is 30.9. The second kappa shape index (κ2) is 19.6. The Kier molecular flexibility index (Phi) is 13.8. The molecule has 2 aromatic rings. The van der Waals surface area contributed by atoms with E-state index in [1.807, 2.05) is 4.90 Å². The minimum Gasteiger partial charge on any atom is -0.494 e. The number of carbonyl (C=O) groups excluding carboxylic acids is 7. The highest BCUT2D eigenvalue weighted by Crippen LogP contribution is 2.53. The van der Waals surface area contributed by atoms with Crippen LogP contribution in [0.5, 0.6) is 5.75 Å². The maximum atomic E-state index is 14.2. The van der Waals surface area contributed by atoms with Gasteiger partial charge in [-0.25, -0.2) is 12.7 Å². The van der Waals surface area contributed by atoms with Crippen molar-refractivity contribution in [3.05, 3.63) is 64.7 Å². The topological polar surface area (TPSA) is 236 Å². The lowest BCUT2D eigenvalue weighted by Gasteiger charge is -2.40. The molecule has 1 saturated carbocycles. The predicted octanol–water partition coefficient (Wildman–Crippen LogP) is 0.492. The van der Waals surface area contributed by atoms with Gasteiger partial charge in [0.2, 0.25) is 39.6 Å². The number of nitrogens with zero attached hydrogens (tertiary/aromatic N) is 4. The minimum atomic E-state index is -3.36. The fraction of sp³-hybridized carbons (Fsp3) is 0.587. The second-order valence-electron chi connectivity index (χ2n) is 18.9. The molecule has 0 spiro atoms. The number of piperidine rings is 2. The van der Waals surface area contributed by atoms with Gasteiger partial charge in [-0.2, -0.15) is 0 Å². The van der Waals surface area contributed by atoms with E-state index in [0.717, 1.165) is 80.8 Å². The molecule has 360 valence electrons. The molecule has 6 atom stereocenters. The molecule has 0 aromatic heterocycles. The van der Waals surface area contributed by atoms with Gasteiger partial charge >= 0.3 is 0 Å². The number of carbonyl (C=O) groups is 7. The van der Waals surface area contributed by atoms with Crippen molar-refractivity contribution in [1.29, 1.82) is 0 Å². The zero-order chi connectivity index (χ0) is 47.0. The first-order chi connectivity index (χ1) is 32.2. The quantitative estimate of drug-likeness (QED) is 0.121. The number of thioether (sulfide) groups is 1. The summed E-state index contributed by atoms with van der Waals surface area (Å²) in [4.78, 5) is 95.1. The Morgan fingerprint density at radius 2 is 1.70 bits per heavy atom. The largest absolute Gasteiger partial charge is 0.494 e. The van der Waals surface area contributed by atoms with Crippen LogP contribution in [0.1, 0.15) is 95.2 Å². The third-order valence-corrected chi connectivity index (χ3v) is 16.9. The third-order valence-electron chi connectivity index (χ3n) is 14.5. The van der Waals surface area contributed by atoms with E-state index in [9.17, 15) is 42.0 Å². The molecule has 7 aliphatic rings. The van der Waals surface area contributed by atoms with Crippen LogP contribution in [-0.2, 0) is 34.0 Å². The number of nitrogens with one attached hydrogen (secondary N) is 5. The van der Waals surface area contributed by atoms with Crippen molar-refractivity contribution >= 4 is 63.1 Å². The lowest BCUT2D eigenvalue weighted by Crippen LogP contribution is -2.55. The van der Waals surface area contributed by atoms with E-state index >= 15 is 0 Å². The predicted molar refractivity (Wildman–Crippen MR) is 246 cm³/mol. The van der Waals surface area contributed by atoms with Crippen LogP contribution < -0.4 is 31.3 Å². The molecule has 67 heavy (non-hydrogen) atoms. The van der Waals surface area contributed by atoms with E-state index in [4.69, 9.17) is 4.74 Å². The zero-order valence-electron chi connectivity index (χ0n) is 37.6. The summed E-state index contributed by atoms with van der Waals surface area (Å²) in [6, 6.07) is 12.5. The molecule has 1 aliphatic carbocycles. The first kappa shape index (κ1) is 47.1. The minimum absolute atomic E-state index is 0.0247. The molecular formula is C46H59N9O10S2. The van der Waals surface area contributed by atoms with Crippen LogP contribution in [0.4, 0.5) is 0 Å². The molecule has 6 unspecified atom stereocenters. The first-order valence-electron chi connectivity index (χ1n) is 23.4. The average molecular weight is 962 g/mol. The lowest BCUT2D eigenvalue weighted by atomic mass is 9.79. The summed E-state index contributed by atoms with van der Waals surface area (Å²) in [7, 11) is -3.36. The number of fused-ring (bicyclic) bond motifs is 1. The smallest absolute Gasteiger partial charge is 0.262 e. The van der Waals surface area contributed by atoms with Crippen LogP contribution in [0.3, 0.4) is 0 Å². The van der Waals surface area contributed by atoms with E-state index in [0.29, 0.717) is 44.3 Å². The third kappa shape index (κ3) is 10.3. The Labute approximate surface area is 394 Å². The van der Waals surface area contributed by atoms with Crippen LogP contribution in [0.15, 0.2) is 42.5 Å². The summed E-state index contributed by atoms with van der Waals surface area (Å²) >= 11 is 1.59. The molecule has 21 heteroatoms. The Bertz CT molecular complexity index is 2430. The number of amides is 7. The molecule has 6 fully saturated rings. The molecular weight excluding hydrogens is 903 g/mol. The van der Waals surface area contributed by atoms with Crippen LogP contribution in [-0.4, -0.2) is 164 Å². The van der Waals surface area contributed by atoms with Crippen molar-refractivity contribution in [1.82, 2.24) is 45.6 Å². The average Bonchev–Trinajstić information content (AvgIpc) is 3.60. The summed E-state index contributed by atoms with van der Waals surface area (Å²) in [5.41, 5.74) is 2.09. The van der Waals surface area contributed by atoms with Crippen molar-refractivity contribution in [2.45, 2.75) is 80.9 Å². The molecule has 6 aliphatic heterocycles. The van der Waals surface area contributed by atoms with Gasteiger partial charge in [-0.15, -0.1) is 11.8 Å². The summed E-state index contributed by atoms with van der Waals surface area (Å²) in [5, 5.41) is 15.1. The number of benzene rings is 2. The van der Waals surface area contributed by atoms with Gasteiger partial charge in [0, 0.05) is 70.1 Å². The molecule has 7 amide bonds. The fourth-order valence-electron chi connectivity index (χ4n) is 10.5. The van der Waals surface area contributed by atoms with Gasteiger partial charge in [0.1, 0.15) is 17.3 Å². The van der Waals surface area contributed by atoms with Gasteiger partial charge in [0.25, 0.3) is 11.8 Å². The van der Waals surface area contributed by atoms with Crippen molar-refractivity contribution in [3.8, 4) is 5.75 Å². The summed E-state index contributed by atoms with van der Waals surface area (Å²) in [6.07, 6.45) is 6.06. The van der Waals surface area contributed by atoms with Gasteiger partial charge in [-0.05, 0) is 86.7 Å². The number of rotatable bonds is 15. The molecule has 5 N–H and O–H groups in total. The van der Waals surface area contributed by atoms with Crippen LogP contribution >= 0.6 is 11.8 Å². The maximum Gasteiger partial charge on any atom is 0.262 e. The molecule has 2 aromatic carbocycles. The van der Waals surface area contributed by atoms with Gasteiger partial charge < -0.3 is 25.6 Å². The number of hydrogen-bond acceptors (Lipinski definition) is 14. The number of hydrogen-bond donors (Lipinski definition) is 5. The Balaban J connectivity index is 0.696. The number of imide groups is 2. The van der Waals surface area contributed by atoms with E-state index < -0.39 is 45.6 Å². The van der Waals surface area contributed by atoms with Gasteiger partial charge in [0.05, 0.1) is 41.9 Å². The highest BCUT2D eigenvalue weighted by Gasteiger charge is 2.58. The SMILES string of the molecule is CS(=O)(=O)N1CCC(C(=O)NCC(=O)NC2NC(c3cccc(C4CCNC(C5(C(=O)N6CCN(CCCOc7ccc8c(c7)C(=O)N(C7CCC(=O)NC7=O)C8=O)CC6)CC5)C4)c3)CS2)C1. The summed E-state index contributed by atoms with van der Waals surface area (Å²) in [5.74, 6) is -1.54. The monoisotopic (exact) mass is 961 g/mol. The van der Waals surface area contributed by atoms with Gasteiger partial charge in [-0.1, -0.05) is 24.3 Å². The number of sulfonamides is 1. The highest BCUT2D eigenvalue weighted by atomic mass is 32.2. The van der Waals surface area contributed by atoms with Gasteiger partial charge in [-0.3, -0.25) is 54.0 Å². The van der Waals surface area contributed by atoms with E-state index in [1.165, 1.54) is 9.87 Å². The second-order valence-corrected chi connectivity index (χ2v) is 22.0. The highest BCUT2D eigenvalue weighted by molar-refractivity contribution is 8.00. The van der Waals surface area contributed by atoms with Crippen molar-refractivity contribution in [3.63, 3.8) is 0 Å². The fourth-order valence-corrected chi connectivity index (χ4v) is 12.6. The molecule has 19 nitrogen and oxygen atoms in total. The molecule has 5 saturated heterocycles. The van der Waals surface area contributed by atoms with Crippen LogP contribution in [0.2, 0.25) is 0 Å². The normalized spacial score (nSPS) is 27.7. The van der Waals surface area contributed by atoms with Crippen LogP contribution in [0, 0.1) is 11.3 Å². The number of ether oxygens (including phenoxy) is 1. The maximum absolute atomic E-state index is 14.2. The zero-order valence-corrected chi connectivity index (χ0v) is 39.3. The van der Waals surface area contributed by atoms with Gasteiger partial charge in [0.15, 0.2) is 0 Å². The van der Waals surface area contributed by atoms with Crippen molar-refractivity contribution < 1.29 is 46.7 Å². The van der Waals surface area contributed by atoms with Crippen molar-refractivity contribution in [2.75, 3.05) is 77.5 Å². The Morgan fingerprint density at radius 1 is 0.925 bits per heavy atom. The van der Waals surface area contributed by atoms with Crippen LogP contribution in [0.25, 0.3) is 0 Å². The van der Waals surface area contributed by atoms with E-state index in [-0.39, 0.29) is 77.8 Å².